The number of anilines is 1. The molecule has 0 aromatic heterocycles. The van der Waals surface area contributed by atoms with Gasteiger partial charge in [-0.3, -0.25) is 4.79 Å². The summed E-state index contributed by atoms with van der Waals surface area (Å²) in [6, 6.07) is 8.27. The molecule has 2 aromatic carbocycles. The molecule has 0 aliphatic carbocycles. The third-order valence-electron chi connectivity index (χ3n) is 4.50. The van der Waals surface area contributed by atoms with E-state index >= 15 is 0 Å². The topological polar surface area (TPSA) is 75.7 Å². The Kier molecular flexibility index (Phi) is 6.71. The van der Waals surface area contributed by atoms with Gasteiger partial charge in [0.25, 0.3) is 0 Å². The molecule has 1 saturated heterocycles. The summed E-state index contributed by atoms with van der Waals surface area (Å²) in [6.45, 7) is 0.660. The van der Waals surface area contributed by atoms with Gasteiger partial charge in [0.1, 0.15) is 0 Å². The van der Waals surface area contributed by atoms with E-state index in [0.29, 0.717) is 13.2 Å². The molecule has 1 aliphatic rings. The predicted molar refractivity (Wildman–Crippen MR) is 105 cm³/mol. The minimum absolute atomic E-state index is 0.0273. The van der Waals surface area contributed by atoms with Crippen molar-refractivity contribution in [2.45, 2.75) is 11.1 Å². The molecule has 3 rings (SSSR count). The molecule has 1 heterocycles. The average Bonchev–Trinajstić information content (AvgIpc) is 2.73. The Labute approximate surface area is 176 Å². The van der Waals surface area contributed by atoms with Crippen LogP contribution in [-0.2, 0) is 20.9 Å². The van der Waals surface area contributed by atoms with Gasteiger partial charge < -0.3 is 10.1 Å². The highest BCUT2D eigenvalue weighted by atomic mass is 35.5. The molecular weight excluding hydrogens is 445 g/mol. The zero-order valence-electron chi connectivity index (χ0n) is 15.6. The Bertz CT molecular complexity index is 1040. The van der Waals surface area contributed by atoms with Gasteiger partial charge in [-0.15, -0.1) is 0 Å². The van der Waals surface area contributed by atoms with Crippen molar-refractivity contribution in [1.82, 2.24) is 4.31 Å². The fourth-order valence-corrected chi connectivity index (χ4v) is 4.52. The van der Waals surface area contributed by atoms with Crippen LogP contribution in [0.25, 0.3) is 0 Å². The van der Waals surface area contributed by atoms with Crippen LogP contribution in [0.4, 0.5) is 18.9 Å². The summed E-state index contributed by atoms with van der Waals surface area (Å²) < 4.78 is 70.5. The molecule has 162 valence electrons. The number of sulfonamides is 1. The molecule has 0 bridgehead atoms. The molecule has 11 heteroatoms. The number of ketones is 1. The lowest BCUT2D eigenvalue weighted by atomic mass is 10.1. The van der Waals surface area contributed by atoms with Crippen molar-refractivity contribution in [3.63, 3.8) is 0 Å². The number of ether oxygens (including phenoxy) is 1. The summed E-state index contributed by atoms with van der Waals surface area (Å²) in [5.41, 5.74) is -0.836. The number of alkyl halides is 3. The van der Waals surface area contributed by atoms with Crippen molar-refractivity contribution in [2.75, 3.05) is 38.2 Å². The molecule has 1 fully saturated rings. The standard InChI is InChI=1S/C19H18ClF3N2O4S/c20-16-5-4-14(19(21,22)23)11-17(16)24-12-18(26)13-2-1-3-15(10-13)30(27,28)25-6-8-29-9-7-25/h1-5,10-11,24H,6-9,12H2. The normalized spacial score (nSPS) is 15.7. The number of nitrogens with zero attached hydrogens (tertiary/aromatic N) is 1. The minimum Gasteiger partial charge on any atom is -0.379 e. The largest absolute Gasteiger partial charge is 0.416 e. The first-order valence-electron chi connectivity index (χ1n) is 8.91. The van der Waals surface area contributed by atoms with Crippen LogP contribution in [0.1, 0.15) is 15.9 Å². The van der Waals surface area contributed by atoms with E-state index < -0.39 is 27.5 Å². The highest BCUT2D eigenvalue weighted by molar-refractivity contribution is 7.89. The number of hydrogen-bond donors (Lipinski definition) is 1. The third kappa shape index (κ3) is 5.12. The van der Waals surface area contributed by atoms with Gasteiger partial charge in [0.05, 0.1) is 40.9 Å². The smallest absolute Gasteiger partial charge is 0.379 e. The molecule has 6 nitrogen and oxygen atoms in total. The first-order valence-corrected chi connectivity index (χ1v) is 10.7. The van der Waals surface area contributed by atoms with Gasteiger partial charge in [-0.1, -0.05) is 23.7 Å². The Balaban J connectivity index is 1.75. The Hall–Kier alpha value is -2.14. The summed E-state index contributed by atoms with van der Waals surface area (Å²) in [6.07, 6.45) is -4.55. The molecule has 0 saturated carbocycles. The second kappa shape index (κ2) is 8.93. The number of halogens is 4. The van der Waals surface area contributed by atoms with E-state index in [-0.39, 0.29) is 40.8 Å². The monoisotopic (exact) mass is 462 g/mol. The number of morpholine rings is 1. The lowest BCUT2D eigenvalue weighted by Gasteiger charge is -2.26. The van der Waals surface area contributed by atoms with Crippen LogP contribution >= 0.6 is 11.6 Å². The molecule has 0 atom stereocenters. The van der Waals surface area contributed by atoms with Crippen molar-refractivity contribution in [2.24, 2.45) is 0 Å². The maximum atomic E-state index is 12.9. The molecule has 0 spiro atoms. The number of carbonyl (C=O) groups is 1. The molecule has 1 aliphatic heterocycles. The van der Waals surface area contributed by atoms with Crippen molar-refractivity contribution in [3.05, 3.63) is 58.6 Å². The van der Waals surface area contributed by atoms with Gasteiger partial charge in [-0.2, -0.15) is 17.5 Å². The van der Waals surface area contributed by atoms with Crippen LogP contribution in [0.5, 0.6) is 0 Å². The third-order valence-corrected chi connectivity index (χ3v) is 6.72. The summed E-state index contributed by atoms with van der Waals surface area (Å²) in [5.74, 6) is -0.498. The van der Waals surface area contributed by atoms with E-state index in [9.17, 15) is 26.4 Å². The zero-order valence-corrected chi connectivity index (χ0v) is 17.1. The summed E-state index contributed by atoms with van der Waals surface area (Å²) >= 11 is 5.91. The fourth-order valence-electron chi connectivity index (χ4n) is 2.88. The van der Waals surface area contributed by atoms with Gasteiger partial charge in [0.15, 0.2) is 5.78 Å². The number of Topliss-reactive ketones (excluding diaryl/α,β-unsaturated/α-hetero) is 1. The minimum atomic E-state index is -4.55. The van der Waals surface area contributed by atoms with E-state index in [1.54, 1.807) is 0 Å². The number of hydrogen-bond acceptors (Lipinski definition) is 5. The van der Waals surface area contributed by atoms with E-state index in [1.807, 2.05) is 0 Å². The molecule has 2 aromatic rings. The molecular formula is C19H18ClF3N2O4S. The molecule has 0 unspecified atom stereocenters. The number of benzene rings is 2. The van der Waals surface area contributed by atoms with E-state index in [2.05, 4.69) is 5.32 Å². The Morgan fingerprint density at radius 3 is 2.50 bits per heavy atom. The number of rotatable bonds is 6. The van der Waals surface area contributed by atoms with E-state index in [4.69, 9.17) is 16.3 Å². The summed E-state index contributed by atoms with van der Waals surface area (Å²) in [5, 5.41) is 2.61. The van der Waals surface area contributed by atoms with Crippen LogP contribution < -0.4 is 5.32 Å². The highest BCUT2D eigenvalue weighted by Crippen LogP contribution is 2.33. The lowest BCUT2D eigenvalue weighted by molar-refractivity contribution is -0.137. The summed E-state index contributed by atoms with van der Waals surface area (Å²) in [7, 11) is -3.78. The number of nitrogens with one attached hydrogen (secondary N) is 1. The molecule has 30 heavy (non-hydrogen) atoms. The van der Waals surface area contributed by atoms with Crippen LogP contribution in [0.2, 0.25) is 5.02 Å². The van der Waals surface area contributed by atoms with Gasteiger partial charge in [-0.05, 0) is 30.3 Å². The van der Waals surface area contributed by atoms with Gasteiger partial charge in [-0.25, -0.2) is 8.42 Å². The van der Waals surface area contributed by atoms with Gasteiger partial charge in [0.2, 0.25) is 10.0 Å². The second-order valence-corrected chi connectivity index (χ2v) is 8.86. The van der Waals surface area contributed by atoms with E-state index in [0.717, 1.165) is 18.2 Å². The maximum Gasteiger partial charge on any atom is 0.416 e. The average molecular weight is 463 g/mol. The first-order chi connectivity index (χ1) is 14.1. The second-order valence-electron chi connectivity index (χ2n) is 6.51. The van der Waals surface area contributed by atoms with Crippen molar-refractivity contribution < 1.29 is 31.1 Å². The van der Waals surface area contributed by atoms with Crippen LogP contribution in [0, 0.1) is 0 Å². The highest BCUT2D eigenvalue weighted by Gasteiger charge is 2.31. The van der Waals surface area contributed by atoms with Crippen LogP contribution in [0.15, 0.2) is 47.4 Å². The zero-order chi connectivity index (χ0) is 21.9. The fraction of sp³-hybridized carbons (Fsp3) is 0.316. The van der Waals surface area contributed by atoms with Crippen molar-refractivity contribution >= 4 is 33.1 Å². The van der Waals surface area contributed by atoms with Crippen LogP contribution in [-0.4, -0.2) is 51.4 Å². The van der Waals surface area contributed by atoms with Crippen molar-refractivity contribution in [3.8, 4) is 0 Å². The molecule has 0 amide bonds. The lowest BCUT2D eigenvalue weighted by Crippen LogP contribution is -2.40. The quantitative estimate of drug-likeness (QED) is 0.663. The SMILES string of the molecule is O=C(CNc1cc(C(F)(F)F)ccc1Cl)c1cccc(S(=O)(=O)N2CCOCC2)c1. The number of carbonyl (C=O) groups excluding carboxylic acids is 1. The van der Waals surface area contributed by atoms with Gasteiger partial charge >= 0.3 is 6.18 Å². The molecule has 0 radical (unpaired) electrons. The van der Waals surface area contributed by atoms with E-state index in [1.165, 1.54) is 28.6 Å². The predicted octanol–water partition coefficient (Wildman–Crippen LogP) is 3.67. The van der Waals surface area contributed by atoms with Crippen molar-refractivity contribution in [1.29, 1.82) is 0 Å². The first kappa shape index (κ1) is 22.5. The Morgan fingerprint density at radius 1 is 1.13 bits per heavy atom. The maximum absolute atomic E-state index is 12.9. The van der Waals surface area contributed by atoms with Gasteiger partial charge in [0, 0.05) is 18.7 Å². The van der Waals surface area contributed by atoms with Crippen LogP contribution in [0.3, 0.4) is 0 Å². The summed E-state index contributed by atoms with van der Waals surface area (Å²) in [4.78, 5) is 12.5. The Morgan fingerprint density at radius 2 is 1.83 bits per heavy atom. The molecule has 1 N–H and O–H groups in total.